The van der Waals surface area contributed by atoms with Gasteiger partial charge in [-0.15, -0.1) is 0 Å². The van der Waals surface area contributed by atoms with E-state index in [0.717, 1.165) is 0 Å². The molecular weight excluding hydrogens is 192 g/mol. The average Bonchev–Trinajstić information content (AvgIpc) is 2.16. The van der Waals surface area contributed by atoms with Gasteiger partial charge in [-0.1, -0.05) is 35.0 Å². The van der Waals surface area contributed by atoms with E-state index in [1.54, 1.807) is 24.3 Å². The number of azide groups is 1. The topological polar surface area (TPSA) is 81.4 Å². The molecule has 0 radical (unpaired) electrons. The fourth-order valence-corrected chi connectivity index (χ4v) is 1.03. The zero-order valence-corrected chi connectivity index (χ0v) is 7.18. The van der Waals surface area contributed by atoms with Crippen LogP contribution < -0.4 is 0 Å². The van der Waals surface area contributed by atoms with E-state index >= 15 is 0 Å². The minimum atomic E-state index is -0.145. The van der Waals surface area contributed by atoms with Crippen molar-refractivity contribution < 1.29 is 5.21 Å². The lowest BCUT2D eigenvalue weighted by Crippen LogP contribution is -1.96. The molecule has 0 aliphatic heterocycles. The average molecular weight is 197 g/mol. The first-order chi connectivity index (χ1) is 6.29. The minimum Gasteiger partial charge on any atom is -0.410 e. The molecule has 0 fully saturated rings. The van der Waals surface area contributed by atoms with Crippen LogP contribution in [0, 0.1) is 0 Å². The van der Waals surface area contributed by atoms with E-state index in [1.165, 1.54) is 0 Å². The summed E-state index contributed by atoms with van der Waals surface area (Å²) in [6.45, 7) is 0. The van der Waals surface area contributed by atoms with Crippen molar-refractivity contribution in [2.24, 2.45) is 10.3 Å². The molecule has 1 N–H and O–H groups in total. The Morgan fingerprint density at radius 2 is 2.15 bits per heavy atom. The van der Waals surface area contributed by atoms with Gasteiger partial charge in [0.2, 0.25) is 0 Å². The third kappa shape index (κ3) is 2.11. The fraction of sp³-hybridized carbons (Fsp3) is 0. The molecule has 5 nitrogen and oxygen atoms in total. The predicted molar refractivity (Wildman–Crippen MR) is 48.9 cm³/mol. The van der Waals surface area contributed by atoms with E-state index in [0.29, 0.717) is 10.6 Å². The molecule has 0 atom stereocenters. The zero-order valence-electron chi connectivity index (χ0n) is 6.42. The Hall–Kier alpha value is -1.71. The number of nitrogens with zero attached hydrogens (tertiary/aromatic N) is 4. The Morgan fingerprint density at radius 1 is 1.46 bits per heavy atom. The molecule has 0 heterocycles. The largest absolute Gasteiger partial charge is 0.410 e. The number of amidine groups is 1. The molecule has 0 spiro atoms. The Labute approximate surface area is 78.9 Å². The van der Waals surface area contributed by atoms with E-state index in [9.17, 15) is 0 Å². The highest BCUT2D eigenvalue weighted by atomic mass is 35.5. The van der Waals surface area contributed by atoms with Crippen LogP contribution in [0.25, 0.3) is 10.4 Å². The van der Waals surface area contributed by atoms with Crippen LogP contribution in [-0.2, 0) is 0 Å². The van der Waals surface area contributed by atoms with E-state index < -0.39 is 0 Å². The monoisotopic (exact) mass is 196 g/mol. The highest BCUT2D eigenvalue weighted by Gasteiger charge is 2.05. The lowest BCUT2D eigenvalue weighted by Gasteiger charge is -1.99. The Kier molecular flexibility index (Phi) is 3.14. The molecular formula is C7H5ClN4O. The first kappa shape index (κ1) is 9.38. The van der Waals surface area contributed by atoms with Crippen molar-refractivity contribution in [2.45, 2.75) is 0 Å². The van der Waals surface area contributed by atoms with Gasteiger partial charge in [-0.25, -0.2) is 0 Å². The van der Waals surface area contributed by atoms with Crippen molar-refractivity contribution in [2.75, 3.05) is 0 Å². The third-order valence-corrected chi connectivity index (χ3v) is 1.68. The zero-order chi connectivity index (χ0) is 9.68. The van der Waals surface area contributed by atoms with Gasteiger partial charge in [-0.05, 0) is 16.7 Å². The summed E-state index contributed by atoms with van der Waals surface area (Å²) in [7, 11) is 0. The molecule has 0 aromatic heterocycles. The maximum absolute atomic E-state index is 8.50. The maximum Gasteiger partial charge on any atom is 0.174 e. The number of hydrogen-bond acceptors (Lipinski definition) is 2. The number of oxime groups is 1. The van der Waals surface area contributed by atoms with Crippen LogP contribution in [0.1, 0.15) is 5.56 Å². The van der Waals surface area contributed by atoms with Crippen LogP contribution in [0.15, 0.2) is 34.5 Å². The molecule has 0 unspecified atom stereocenters. The predicted octanol–water partition coefficient (Wildman–Crippen LogP) is 2.79. The van der Waals surface area contributed by atoms with Crippen molar-refractivity contribution in [1.82, 2.24) is 0 Å². The van der Waals surface area contributed by atoms with Gasteiger partial charge >= 0.3 is 0 Å². The minimum absolute atomic E-state index is 0.145. The van der Waals surface area contributed by atoms with Crippen molar-refractivity contribution >= 4 is 17.4 Å². The van der Waals surface area contributed by atoms with Gasteiger partial charge in [0.05, 0.1) is 0 Å². The molecule has 0 aliphatic rings. The highest BCUT2D eigenvalue weighted by molar-refractivity contribution is 6.34. The molecule has 1 aromatic carbocycles. The van der Waals surface area contributed by atoms with Crippen molar-refractivity contribution in [3.8, 4) is 0 Å². The molecule has 0 saturated carbocycles. The first-order valence-corrected chi connectivity index (χ1v) is 3.69. The fourth-order valence-electron chi connectivity index (χ4n) is 0.813. The Bertz CT molecular complexity index is 384. The second-order valence-corrected chi connectivity index (χ2v) is 2.50. The van der Waals surface area contributed by atoms with Crippen LogP contribution in [-0.4, -0.2) is 11.0 Å². The quantitative estimate of drug-likeness (QED) is 0.140. The van der Waals surface area contributed by atoms with E-state index in [2.05, 4.69) is 15.2 Å². The smallest absolute Gasteiger partial charge is 0.174 e. The molecule has 0 bridgehead atoms. The number of hydrogen-bond donors (Lipinski definition) is 1. The van der Waals surface area contributed by atoms with Crippen molar-refractivity contribution in [3.05, 3.63) is 45.3 Å². The SMILES string of the molecule is [N-]=[N+]=N/C(=N/O)c1ccccc1Cl. The normalized spacial score (nSPS) is 10.7. The molecule has 13 heavy (non-hydrogen) atoms. The molecule has 0 saturated heterocycles. The Balaban J connectivity index is 3.20. The summed E-state index contributed by atoms with van der Waals surface area (Å²) in [6, 6.07) is 6.61. The Morgan fingerprint density at radius 3 is 2.69 bits per heavy atom. The summed E-state index contributed by atoms with van der Waals surface area (Å²) in [5, 5.41) is 14.9. The molecule has 1 aromatic rings. The molecule has 66 valence electrons. The number of rotatable bonds is 1. The maximum atomic E-state index is 8.50. The van der Waals surface area contributed by atoms with E-state index in [4.69, 9.17) is 22.3 Å². The second-order valence-electron chi connectivity index (χ2n) is 2.09. The second kappa shape index (κ2) is 4.35. The number of benzene rings is 1. The van der Waals surface area contributed by atoms with Gasteiger partial charge in [-0.3, -0.25) is 0 Å². The van der Waals surface area contributed by atoms with E-state index in [1.807, 2.05) is 0 Å². The van der Waals surface area contributed by atoms with Crippen LogP contribution in [0.3, 0.4) is 0 Å². The lowest BCUT2D eigenvalue weighted by atomic mass is 10.2. The van der Waals surface area contributed by atoms with Gasteiger partial charge in [-0.2, -0.15) is 0 Å². The summed E-state index contributed by atoms with van der Waals surface area (Å²) >= 11 is 5.76. The standard InChI is InChI=1S/C7H5ClN4O/c8-6-4-2-1-3-5(6)7(11-13)10-12-9/h1-4,13H/b11-7+. The molecule has 0 amide bonds. The summed E-state index contributed by atoms with van der Waals surface area (Å²) in [5.41, 5.74) is 8.54. The molecule has 6 heteroatoms. The van der Waals surface area contributed by atoms with Gasteiger partial charge in [0.25, 0.3) is 0 Å². The molecule has 1 rings (SSSR count). The van der Waals surface area contributed by atoms with Crippen molar-refractivity contribution in [1.29, 1.82) is 0 Å². The number of halogens is 1. The molecule has 0 aliphatic carbocycles. The van der Waals surface area contributed by atoms with Crippen LogP contribution in [0.4, 0.5) is 0 Å². The lowest BCUT2D eigenvalue weighted by molar-refractivity contribution is 0.318. The van der Waals surface area contributed by atoms with Gasteiger partial charge in [0.15, 0.2) is 5.84 Å². The van der Waals surface area contributed by atoms with Gasteiger partial charge < -0.3 is 5.21 Å². The highest BCUT2D eigenvalue weighted by Crippen LogP contribution is 2.16. The van der Waals surface area contributed by atoms with Crippen molar-refractivity contribution in [3.63, 3.8) is 0 Å². The third-order valence-electron chi connectivity index (χ3n) is 1.35. The summed E-state index contributed by atoms with van der Waals surface area (Å²) < 4.78 is 0. The van der Waals surface area contributed by atoms with Crippen LogP contribution >= 0.6 is 11.6 Å². The van der Waals surface area contributed by atoms with Crippen LogP contribution in [0.2, 0.25) is 5.02 Å². The summed E-state index contributed by atoms with van der Waals surface area (Å²) in [5.74, 6) is -0.145. The van der Waals surface area contributed by atoms with Gasteiger partial charge in [0, 0.05) is 15.5 Å². The summed E-state index contributed by atoms with van der Waals surface area (Å²) in [4.78, 5) is 2.50. The van der Waals surface area contributed by atoms with Gasteiger partial charge in [0.1, 0.15) is 0 Å². The van der Waals surface area contributed by atoms with Crippen LogP contribution in [0.5, 0.6) is 0 Å². The van der Waals surface area contributed by atoms with E-state index in [-0.39, 0.29) is 5.84 Å². The summed E-state index contributed by atoms with van der Waals surface area (Å²) in [6.07, 6.45) is 0. The first-order valence-electron chi connectivity index (χ1n) is 3.31.